The maximum Gasteiger partial charge on any atom is 0.0936 e. The molecule has 0 saturated carbocycles. The molecular weight excluding hydrogens is 259 g/mol. The van der Waals surface area contributed by atoms with Crippen LogP contribution in [0.25, 0.3) is 17.2 Å². The molecule has 3 rings (SSSR count). The molecule has 1 aliphatic rings. The summed E-state index contributed by atoms with van der Waals surface area (Å²) < 4.78 is 0. The third-order valence-corrected chi connectivity index (χ3v) is 5.82. The Morgan fingerprint density at radius 2 is 1.70 bits per heavy atom. The molecule has 0 atom stereocenters. The van der Waals surface area contributed by atoms with E-state index in [-0.39, 0.29) is 0 Å². The number of hydrogen-bond donors (Lipinski definition) is 0. The van der Waals surface area contributed by atoms with E-state index in [1.807, 2.05) is 0 Å². The van der Waals surface area contributed by atoms with Crippen molar-refractivity contribution in [2.45, 2.75) is 13.3 Å². The highest BCUT2D eigenvalue weighted by Crippen LogP contribution is 2.45. The molecular formula is C19H22P+. The lowest BCUT2D eigenvalue weighted by Gasteiger charge is -2.14. The van der Waals surface area contributed by atoms with Gasteiger partial charge in [0.25, 0.3) is 0 Å². The van der Waals surface area contributed by atoms with Gasteiger partial charge in [-0.2, -0.15) is 0 Å². The van der Waals surface area contributed by atoms with E-state index in [9.17, 15) is 0 Å². The van der Waals surface area contributed by atoms with Gasteiger partial charge in [0.05, 0.1) is 25.3 Å². The van der Waals surface area contributed by atoms with Gasteiger partial charge < -0.3 is 0 Å². The maximum absolute atomic E-state index is 2.39. The summed E-state index contributed by atoms with van der Waals surface area (Å²) in [4.78, 5) is 0. The van der Waals surface area contributed by atoms with Crippen molar-refractivity contribution in [3.8, 4) is 11.1 Å². The highest BCUT2D eigenvalue weighted by Gasteiger charge is 2.22. The highest BCUT2D eigenvalue weighted by atomic mass is 31.2. The van der Waals surface area contributed by atoms with E-state index in [1.165, 1.54) is 33.1 Å². The first-order valence-corrected chi connectivity index (χ1v) is 10.3. The zero-order valence-corrected chi connectivity index (χ0v) is 13.7. The van der Waals surface area contributed by atoms with Crippen LogP contribution in [-0.4, -0.2) is 20.0 Å². The average molecular weight is 281 g/mol. The van der Waals surface area contributed by atoms with Crippen LogP contribution in [0.4, 0.5) is 0 Å². The fourth-order valence-corrected chi connectivity index (χ4v) is 3.94. The minimum atomic E-state index is -0.963. The maximum atomic E-state index is 2.39. The van der Waals surface area contributed by atoms with E-state index < -0.39 is 7.26 Å². The van der Waals surface area contributed by atoms with Gasteiger partial charge >= 0.3 is 0 Å². The zero-order valence-electron chi connectivity index (χ0n) is 12.8. The minimum absolute atomic E-state index is 0.963. The molecule has 0 saturated heterocycles. The number of benzene rings is 2. The fourth-order valence-electron chi connectivity index (χ4n) is 2.88. The summed E-state index contributed by atoms with van der Waals surface area (Å²) in [6.07, 6.45) is 3.46. The second-order valence-electron chi connectivity index (χ2n) is 6.61. The van der Waals surface area contributed by atoms with E-state index in [4.69, 9.17) is 0 Å². The van der Waals surface area contributed by atoms with Gasteiger partial charge in [0.15, 0.2) is 0 Å². The van der Waals surface area contributed by atoms with E-state index >= 15 is 0 Å². The summed E-state index contributed by atoms with van der Waals surface area (Å²) in [7, 11) is -0.963. The summed E-state index contributed by atoms with van der Waals surface area (Å²) in [5.74, 6) is 0. The predicted octanol–water partition coefficient (Wildman–Crippen LogP) is 4.85. The lowest BCUT2D eigenvalue weighted by atomic mass is 9.97. The van der Waals surface area contributed by atoms with Gasteiger partial charge in [-0.3, -0.25) is 0 Å². The Labute approximate surface area is 122 Å². The number of hydrogen-bond acceptors (Lipinski definition) is 0. The second kappa shape index (κ2) is 4.86. The van der Waals surface area contributed by atoms with Gasteiger partial charge in [0.2, 0.25) is 0 Å². The summed E-state index contributed by atoms with van der Waals surface area (Å²) >= 11 is 0. The zero-order chi connectivity index (χ0) is 14.3. The molecule has 2 aromatic rings. The topological polar surface area (TPSA) is 0 Å². The first-order chi connectivity index (χ1) is 9.45. The van der Waals surface area contributed by atoms with Crippen molar-refractivity contribution in [1.29, 1.82) is 0 Å². The van der Waals surface area contributed by atoms with E-state index in [2.05, 4.69) is 75.5 Å². The van der Waals surface area contributed by atoms with Crippen LogP contribution in [-0.2, 0) is 6.42 Å². The minimum Gasteiger partial charge on any atom is -0.0683 e. The van der Waals surface area contributed by atoms with Gasteiger partial charge in [-0.15, -0.1) is 0 Å². The molecule has 20 heavy (non-hydrogen) atoms. The molecule has 1 aliphatic carbocycles. The molecule has 0 radical (unpaired) electrons. The largest absolute Gasteiger partial charge is 0.0936 e. The number of allylic oxidation sites excluding steroid dienone is 1. The molecule has 0 aromatic heterocycles. The monoisotopic (exact) mass is 281 g/mol. The van der Waals surface area contributed by atoms with Crippen molar-refractivity contribution in [2.24, 2.45) is 0 Å². The summed E-state index contributed by atoms with van der Waals surface area (Å²) in [6.45, 7) is 9.36. The normalized spacial score (nSPS) is 14.1. The summed E-state index contributed by atoms with van der Waals surface area (Å²) in [6, 6.07) is 15.8. The van der Waals surface area contributed by atoms with Crippen LogP contribution in [0.3, 0.4) is 0 Å². The van der Waals surface area contributed by atoms with Gasteiger partial charge in [-0.25, -0.2) is 0 Å². The average Bonchev–Trinajstić information content (AvgIpc) is 2.77. The smallest absolute Gasteiger partial charge is 0.0683 e. The molecule has 0 spiro atoms. The fraction of sp³-hybridized carbons (Fsp3) is 0.263. The van der Waals surface area contributed by atoms with Crippen molar-refractivity contribution in [2.75, 3.05) is 20.0 Å². The predicted molar refractivity (Wildman–Crippen MR) is 93.6 cm³/mol. The number of rotatable bonds is 2. The Morgan fingerprint density at radius 1 is 0.950 bits per heavy atom. The van der Waals surface area contributed by atoms with Crippen LogP contribution in [0.1, 0.15) is 18.1 Å². The third kappa shape index (κ3) is 2.45. The second-order valence-corrected chi connectivity index (χ2v) is 11.1. The Hall–Kier alpha value is -1.39. The molecule has 0 bridgehead atoms. The van der Waals surface area contributed by atoms with Crippen LogP contribution in [0.5, 0.6) is 0 Å². The Balaban J connectivity index is 2.14. The van der Waals surface area contributed by atoms with Gasteiger partial charge in [0.1, 0.15) is 0 Å². The van der Waals surface area contributed by atoms with Crippen molar-refractivity contribution in [1.82, 2.24) is 0 Å². The van der Waals surface area contributed by atoms with E-state index in [0.717, 1.165) is 6.42 Å². The van der Waals surface area contributed by atoms with Crippen LogP contribution in [0.2, 0.25) is 0 Å². The lowest BCUT2D eigenvalue weighted by molar-refractivity contribution is 1.20. The Bertz CT molecular complexity index is 687. The molecule has 0 amide bonds. The van der Waals surface area contributed by atoms with Crippen molar-refractivity contribution < 1.29 is 0 Å². The highest BCUT2D eigenvalue weighted by molar-refractivity contribution is 7.80. The van der Waals surface area contributed by atoms with E-state index in [0.29, 0.717) is 0 Å². The van der Waals surface area contributed by atoms with Crippen molar-refractivity contribution in [3.63, 3.8) is 0 Å². The lowest BCUT2D eigenvalue weighted by Crippen LogP contribution is -2.07. The first kappa shape index (κ1) is 13.6. The quantitative estimate of drug-likeness (QED) is 0.691. The van der Waals surface area contributed by atoms with Crippen LogP contribution < -0.4 is 5.30 Å². The Kier molecular flexibility index (Phi) is 3.30. The molecule has 0 fully saturated rings. The first-order valence-electron chi connectivity index (χ1n) is 7.17. The van der Waals surface area contributed by atoms with Crippen LogP contribution in [0, 0.1) is 0 Å². The van der Waals surface area contributed by atoms with Gasteiger partial charge in [-0.05, 0) is 47.7 Å². The standard InChI is InChI=1S/C19H22P/c1-14-11-15-8-6-10-18(19(15)12-14)16-7-5-9-17(13-16)20(2,3)4/h5-10,12-13H,11H2,1-4H3/q+1. The number of fused-ring (bicyclic) bond motifs is 1. The van der Waals surface area contributed by atoms with Crippen LogP contribution >= 0.6 is 7.26 Å². The third-order valence-electron chi connectivity index (χ3n) is 3.99. The Morgan fingerprint density at radius 3 is 2.45 bits per heavy atom. The van der Waals surface area contributed by atoms with Gasteiger partial charge in [-0.1, -0.05) is 42.0 Å². The van der Waals surface area contributed by atoms with Crippen LogP contribution in [0.15, 0.2) is 48.0 Å². The molecule has 0 aliphatic heterocycles. The molecule has 0 heterocycles. The molecule has 0 nitrogen and oxygen atoms in total. The molecule has 102 valence electrons. The van der Waals surface area contributed by atoms with E-state index in [1.54, 1.807) is 0 Å². The van der Waals surface area contributed by atoms with Crippen molar-refractivity contribution in [3.05, 3.63) is 59.2 Å². The van der Waals surface area contributed by atoms with Crippen molar-refractivity contribution >= 4 is 18.6 Å². The summed E-state index contributed by atoms with van der Waals surface area (Å²) in [5.41, 5.74) is 7.10. The molecule has 1 heteroatoms. The van der Waals surface area contributed by atoms with Gasteiger partial charge in [0, 0.05) is 7.26 Å². The molecule has 0 N–H and O–H groups in total. The molecule has 0 unspecified atom stereocenters. The SMILES string of the molecule is CC1=Cc2c(cccc2-c2cccc([P+](C)(C)C)c2)C1. The summed E-state index contributed by atoms with van der Waals surface area (Å²) in [5, 5.41) is 1.51. The molecule has 2 aromatic carbocycles.